The highest BCUT2D eigenvalue weighted by Crippen LogP contribution is 2.35. The fraction of sp³-hybridized carbons (Fsp3) is 0.417. The lowest BCUT2D eigenvalue weighted by Gasteiger charge is -2.22. The molecule has 0 fully saturated rings. The van der Waals surface area contributed by atoms with E-state index < -0.39 is 0 Å². The third-order valence-corrected chi connectivity index (χ3v) is 3.30. The van der Waals surface area contributed by atoms with Crippen molar-refractivity contribution in [3.63, 3.8) is 0 Å². The van der Waals surface area contributed by atoms with E-state index in [0.29, 0.717) is 5.92 Å². The summed E-state index contributed by atoms with van der Waals surface area (Å²) in [5.74, 6) is 0.613. The van der Waals surface area contributed by atoms with Gasteiger partial charge in [0.2, 0.25) is 0 Å². The van der Waals surface area contributed by atoms with Crippen molar-refractivity contribution < 1.29 is 0 Å². The Hall–Kier alpha value is -0.890. The van der Waals surface area contributed by atoms with Crippen LogP contribution in [-0.4, -0.2) is 4.98 Å². The van der Waals surface area contributed by atoms with E-state index in [1.165, 1.54) is 28.8 Å². The highest BCUT2D eigenvalue weighted by molar-refractivity contribution is 7.07. The van der Waals surface area contributed by atoms with Gasteiger partial charge in [0.05, 0.1) is 11.2 Å². The molecule has 0 N–H and O–H groups in total. The van der Waals surface area contributed by atoms with E-state index in [0.717, 1.165) is 0 Å². The first-order valence-corrected chi connectivity index (χ1v) is 5.89. The van der Waals surface area contributed by atoms with Crippen molar-refractivity contribution in [1.82, 2.24) is 4.98 Å². The second-order valence-corrected chi connectivity index (χ2v) is 4.78. The summed E-state index contributed by atoms with van der Waals surface area (Å²) in [5, 5.41) is 2.14. The number of nitrogens with zero attached hydrogens (tertiary/aromatic N) is 1. The Kier molecular flexibility index (Phi) is 2.55. The molecule has 2 rings (SSSR count). The summed E-state index contributed by atoms with van der Waals surface area (Å²) in [5.41, 5.74) is 7.37. The maximum absolute atomic E-state index is 4.40. The minimum atomic E-state index is 0.613. The molecule has 1 unspecified atom stereocenters. The van der Waals surface area contributed by atoms with Crippen LogP contribution >= 0.6 is 11.3 Å². The number of hydrogen-bond acceptors (Lipinski definition) is 2. The van der Waals surface area contributed by atoms with Gasteiger partial charge in [-0.3, -0.25) is 0 Å². The van der Waals surface area contributed by atoms with Gasteiger partial charge in [0.15, 0.2) is 0 Å². The molecule has 0 amide bonds. The molecule has 0 radical (unpaired) electrons. The number of thiazole rings is 1. The Balaban J connectivity index is 2.46. The molecular formula is C12H15NS. The summed E-state index contributed by atoms with van der Waals surface area (Å²) < 4.78 is 0. The van der Waals surface area contributed by atoms with Gasteiger partial charge in [-0.25, -0.2) is 4.98 Å². The maximum Gasteiger partial charge on any atom is 0.0798 e. The van der Waals surface area contributed by atoms with Crippen LogP contribution in [0.4, 0.5) is 0 Å². The lowest BCUT2D eigenvalue weighted by molar-refractivity contribution is 0.718. The SMILES string of the molecule is CC1=CC(C)=C(c2cscn2)C(C)C1. The fourth-order valence-electron chi connectivity index (χ4n) is 2.28. The van der Waals surface area contributed by atoms with Crippen LogP contribution in [0.15, 0.2) is 28.1 Å². The normalized spacial score (nSPS) is 22.5. The van der Waals surface area contributed by atoms with E-state index in [2.05, 4.69) is 37.2 Å². The van der Waals surface area contributed by atoms with Crippen molar-refractivity contribution in [2.75, 3.05) is 0 Å². The Morgan fingerprint density at radius 2 is 2.21 bits per heavy atom. The van der Waals surface area contributed by atoms with Crippen molar-refractivity contribution in [3.8, 4) is 0 Å². The van der Waals surface area contributed by atoms with Crippen molar-refractivity contribution in [2.24, 2.45) is 5.92 Å². The predicted molar refractivity (Wildman–Crippen MR) is 62.2 cm³/mol. The third kappa shape index (κ3) is 1.67. The van der Waals surface area contributed by atoms with Crippen LogP contribution in [0.1, 0.15) is 32.9 Å². The molecule has 14 heavy (non-hydrogen) atoms. The Morgan fingerprint density at radius 1 is 1.43 bits per heavy atom. The predicted octanol–water partition coefficient (Wildman–Crippen LogP) is 3.90. The molecule has 0 bridgehead atoms. The monoisotopic (exact) mass is 205 g/mol. The first kappa shape index (κ1) is 9.66. The van der Waals surface area contributed by atoms with E-state index in [9.17, 15) is 0 Å². The molecule has 1 nitrogen and oxygen atoms in total. The molecule has 1 aromatic rings. The molecule has 1 atom stereocenters. The quantitative estimate of drug-likeness (QED) is 0.677. The molecule has 1 heterocycles. The van der Waals surface area contributed by atoms with Crippen molar-refractivity contribution >= 4 is 16.9 Å². The minimum Gasteiger partial charge on any atom is -0.245 e. The third-order valence-electron chi connectivity index (χ3n) is 2.72. The molecule has 1 aliphatic rings. The second kappa shape index (κ2) is 3.70. The fourth-order valence-corrected chi connectivity index (χ4v) is 2.83. The van der Waals surface area contributed by atoms with E-state index >= 15 is 0 Å². The molecule has 0 aliphatic heterocycles. The summed E-state index contributed by atoms with van der Waals surface area (Å²) >= 11 is 1.67. The zero-order valence-electron chi connectivity index (χ0n) is 8.87. The van der Waals surface area contributed by atoms with Gasteiger partial charge in [-0.15, -0.1) is 11.3 Å². The van der Waals surface area contributed by atoms with E-state index in [1.807, 2.05) is 5.51 Å². The number of rotatable bonds is 1. The molecule has 74 valence electrons. The summed E-state index contributed by atoms with van der Waals surface area (Å²) in [6, 6.07) is 0. The molecule has 0 saturated heterocycles. The summed E-state index contributed by atoms with van der Waals surface area (Å²) in [6.45, 7) is 6.68. The van der Waals surface area contributed by atoms with Crippen LogP contribution in [0.2, 0.25) is 0 Å². The van der Waals surface area contributed by atoms with E-state index in [4.69, 9.17) is 0 Å². The maximum atomic E-state index is 4.40. The number of aromatic nitrogens is 1. The zero-order chi connectivity index (χ0) is 10.1. The smallest absolute Gasteiger partial charge is 0.0798 e. The molecule has 1 aromatic heterocycles. The van der Waals surface area contributed by atoms with Gasteiger partial charge in [0, 0.05) is 5.38 Å². The minimum absolute atomic E-state index is 0.613. The first-order valence-electron chi connectivity index (χ1n) is 4.95. The Morgan fingerprint density at radius 3 is 2.79 bits per heavy atom. The standard InChI is InChI=1S/C12H15NS/c1-8-4-9(2)12(10(3)5-8)11-6-14-7-13-11/h4,6-7,10H,5H2,1-3H3. The van der Waals surface area contributed by atoms with Crippen molar-refractivity contribution in [2.45, 2.75) is 27.2 Å². The molecule has 2 heteroatoms. The van der Waals surface area contributed by atoms with Crippen LogP contribution in [-0.2, 0) is 0 Å². The lowest BCUT2D eigenvalue weighted by Crippen LogP contribution is -2.06. The Labute approximate surface area is 89.2 Å². The van der Waals surface area contributed by atoms with Crippen LogP contribution in [0, 0.1) is 5.92 Å². The summed E-state index contributed by atoms with van der Waals surface area (Å²) in [6.07, 6.45) is 3.46. The van der Waals surface area contributed by atoms with Crippen molar-refractivity contribution in [1.29, 1.82) is 0 Å². The van der Waals surface area contributed by atoms with Gasteiger partial charge >= 0.3 is 0 Å². The molecule has 0 spiro atoms. The topological polar surface area (TPSA) is 12.9 Å². The number of hydrogen-bond donors (Lipinski definition) is 0. The zero-order valence-corrected chi connectivity index (χ0v) is 9.69. The largest absolute Gasteiger partial charge is 0.245 e. The highest BCUT2D eigenvalue weighted by Gasteiger charge is 2.19. The average Bonchev–Trinajstić information content (AvgIpc) is 2.54. The van der Waals surface area contributed by atoms with Crippen molar-refractivity contribution in [3.05, 3.63) is 33.8 Å². The van der Waals surface area contributed by atoms with Gasteiger partial charge in [-0.05, 0) is 37.3 Å². The summed E-state index contributed by atoms with van der Waals surface area (Å²) in [7, 11) is 0. The van der Waals surface area contributed by atoms with Crippen LogP contribution in [0.25, 0.3) is 5.57 Å². The summed E-state index contributed by atoms with van der Waals surface area (Å²) in [4.78, 5) is 4.40. The average molecular weight is 205 g/mol. The molecule has 0 saturated carbocycles. The van der Waals surface area contributed by atoms with Gasteiger partial charge in [0.25, 0.3) is 0 Å². The van der Waals surface area contributed by atoms with Crippen LogP contribution in [0.5, 0.6) is 0 Å². The van der Waals surface area contributed by atoms with E-state index in [-0.39, 0.29) is 0 Å². The second-order valence-electron chi connectivity index (χ2n) is 4.07. The van der Waals surface area contributed by atoms with Crippen LogP contribution in [0.3, 0.4) is 0 Å². The molecule has 0 aromatic carbocycles. The van der Waals surface area contributed by atoms with Crippen LogP contribution < -0.4 is 0 Å². The highest BCUT2D eigenvalue weighted by atomic mass is 32.1. The van der Waals surface area contributed by atoms with Gasteiger partial charge in [0.1, 0.15) is 0 Å². The van der Waals surface area contributed by atoms with E-state index in [1.54, 1.807) is 11.3 Å². The Bertz CT molecular complexity index is 384. The first-order chi connectivity index (χ1) is 6.68. The molecule has 1 aliphatic carbocycles. The van der Waals surface area contributed by atoms with Gasteiger partial charge in [-0.1, -0.05) is 18.6 Å². The number of allylic oxidation sites excluding steroid dienone is 4. The molecular weight excluding hydrogens is 190 g/mol. The lowest BCUT2D eigenvalue weighted by atomic mass is 9.84. The van der Waals surface area contributed by atoms with Gasteiger partial charge in [-0.2, -0.15) is 0 Å². The van der Waals surface area contributed by atoms with Gasteiger partial charge < -0.3 is 0 Å².